The third-order valence-electron chi connectivity index (χ3n) is 2.82. The molecule has 1 aliphatic rings. The summed E-state index contributed by atoms with van der Waals surface area (Å²) in [4.78, 5) is 12.8. The minimum absolute atomic E-state index is 0.127. The number of carbonyl (C=O) groups is 1. The van der Waals surface area contributed by atoms with Crippen molar-refractivity contribution in [1.82, 2.24) is 4.90 Å². The molecule has 0 radical (unpaired) electrons. The van der Waals surface area contributed by atoms with Crippen molar-refractivity contribution in [3.8, 4) is 0 Å². The first kappa shape index (κ1) is 12.3. The second-order valence-corrected chi connectivity index (χ2v) is 5.28. The van der Waals surface area contributed by atoms with Gasteiger partial charge in [0.25, 0.3) is 0 Å². The zero-order valence-electron chi connectivity index (χ0n) is 10.6. The average Bonchev–Trinajstić information content (AvgIpc) is 2.62. The highest BCUT2D eigenvalue weighted by molar-refractivity contribution is 5.70. The molecule has 1 saturated heterocycles. The topological polar surface area (TPSA) is 42.7 Å². The van der Waals surface area contributed by atoms with Gasteiger partial charge < -0.3 is 9.15 Å². The van der Waals surface area contributed by atoms with Gasteiger partial charge in [0.15, 0.2) is 12.0 Å². The molecule has 1 atom stereocenters. The van der Waals surface area contributed by atoms with Crippen LogP contribution in [0.2, 0.25) is 0 Å². The normalized spacial score (nSPS) is 24.8. The summed E-state index contributed by atoms with van der Waals surface area (Å²) in [6, 6.07) is 3.56. The zero-order valence-corrected chi connectivity index (χ0v) is 10.6. The van der Waals surface area contributed by atoms with E-state index in [1.807, 2.05) is 6.07 Å². The molecule has 0 bridgehead atoms. The van der Waals surface area contributed by atoms with Gasteiger partial charge in [0, 0.05) is 13.1 Å². The van der Waals surface area contributed by atoms with Gasteiger partial charge in [-0.05, 0) is 32.9 Å². The number of nitrogens with zero attached hydrogens (tertiary/aromatic N) is 1. The molecule has 94 valence electrons. The Balaban J connectivity index is 2.00. The lowest BCUT2D eigenvalue weighted by Gasteiger charge is -2.41. The van der Waals surface area contributed by atoms with Gasteiger partial charge in [0.2, 0.25) is 0 Å². The maximum atomic E-state index is 10.5. The highest BCUT2D eigenvalue weighted by Crippen LogP contribution is 2.22. The van der Waals surface area contributed by atoms with E-state index < -0.39 is 0 Å². The van der Waals surface area contributed by atoms with Gasteiger partial charge in [-0.25, -0.2) is 0 Å². The van der Waals surface area contributed by atoms with Gasteiger partial charge in [-0.15, -0.1) is 0 Å². The molecule has 1 fully saturated rings. The van der Waals surface area contributed by atoms with Crippen LogP contribution in [0.25, 0.3) is 0 Å². The smallest absolute Gasteiger partial charge is 0.185 e. The zero-order chi connectivity index (χ0) is 12.5. The van der Waals surface area contributed by atoms with Crippen molar-refractivity contribution in [1.29, 1.82) is 0 Å². The molecule has 0 spiro atoms. The van der Waals surface area contributed by atoms with Gasteiger partial charge in [-0.2, -0.15) is 0 Å². The maximum absolute atomic E-state index is 10.5. The molecule has 2 rings (SSSR count). The minimum atomic E-state index is -0.127. The Morgan fingerprint density at radius 1 is 1.53 bits per heavy atom. The highest BCUT2D eigenvalue weighted by Gasteiger charge is 2.31. The van der Waals surface area contributed by atoms with E-state index in [1.54, 1.807) is 6.07 Å². The van der Waals surface area contributed by atoms with Crippen LogP contribution in [0.4, 0.5) is 0 Å². The van der Waals surface area contributed by atoms with Crippen LogP contribution in [0.1, 0.15) is 37.1 Å². The standard InChI is InChI=1S/C13H19NO3/c1-10-6-14(9-13(2,3)17-10)7-11-4-5-12(8-15)16-11/h4-5,8,10H,6-7,9H2,1-3H3. The van der Waals surface area contributed by atoms with Crippen LogP contribution < -0.4 is 0 Å². The van der Waals surface area contributed by atoms with Crippen LogP contribution in [0.3, 0.4) is 0 Å². The lowest BCUT2D eigenvalue weighted by atomic mass is 10.1. The molecule has 4 nitrogen and oxygen atoms in total. The summed E-state index contributed by atoms with van der Waals surface area (Å²) in [5, 5.41) is 0. The second kappa shape index (κ2) is 4.63. The maximum Gasteiger partial charge on any atom is 0.185 e. The summed E-state index contributed by atoms with van der Waals surface area (Å²) < 4.78 is 11.2. The van der Waals surface area contributed by atoms with E-state index >= 15 is 0 Å². The summed E-state index contributed by atoms with van der Waals surface area (Å²) in [6.07, 6.45) is 0.953. The number of rotatable bonds is 3. The summed E-state index contributed by atoms with van der Waals surface area (Å²) in [6.45, 7) is 8.75. The molecule has 0 N–H and O–H groups in total. The summed E-state index contributed by atoms with van der Waals surface area (Å²) in [7, 11) is 0. The fraction of sp³-hybridized carbons (Fsp3) is 0.615. The minimum Gasteiger partial charge on any atom is -0.457 e. The number of aldehydes is 1. The molecule has 17 heavy (non-hydrogen) atoms. The molecule has 0 saturated carbocycles. The SMILES string of the molecule is CC1CN(Cc2ccc(C=O)o2)CC(C)(C)O1. The lowest BCUT2D eigenvalue weighted by Crippen LogP contribution is -2.51. The Kier molecular flexibility index (Phi) is 3.35. The number of furan rings is 1. The first-order valence-corrected chi connectivity index (χ1v) is 5.92. The molecule has 0 aromatic carbocycles. The third-order valence-corrected chi connectivity index (χ3v) is 2.82. The van der Waals surface area contributed by atoms with Crippen molar-refractivity contribution in [2.24, 2.45) is 0 Å². The average molecular weight is 237 g/mol. The van der Waals surface area contributed by atoms with E-state index in [2.05, 4.69) is 25.7 Å². The van der Waals surface area contributed by atoms with Crippen molar-refractivity contribution in [2.45, 2.75) is 39.0 Å². The molecular formula is C13H19NO3. The second-order valence-electron chi connectivity index (χ2n) is 5.28. The lowest BCUT2D eigenvalue weighted by molar-refractivity contribution is -0.131. The monoisotopic (exact) mass is 237 g/mol. The van der Waals surface area contributed by atoms with Crippen LogP contribution in [0.5, 0.6) is 0 Å². The van der Waals surface area contributed by atoms with E-state index in [1.165, 1.54) is 0 Å². The predicted octanol–water partition coefficient (Wildman–Crippen LogP) is 2.09. The van der Waals surface area contributed by atoms with Gasteiger partial charge in [0.1, 0.15) is 5.76 Å². The molecule has 1 aromatic rings. The van der Waals surface area contributed by atoms with Gasteiger partial charge in [0.05, 0.1) is 18.2 Å². The highest BCUT2D eigenvalue weighted by atomic mass is 16.5. The van der Waals surface area contributed by atoms with Crippen LogP contribution >= 0.6 is 0 Å². The summed E-state index contributed by atoms with van der Waals surface area (Å²) >= 11 is 0. The van der Waals surface area contributed by atoms with E-state index in [0.29, 0.717) is 5.76 Å². The van der Waals surface area contributed by atoms with Crippen LogP contribution in [-0.2, 0) is 11.3 Å². The quantitative estimate of drug-likeness (QED) is 0.755. The van der Waals surface area contributed by atoms with Gasteiger partial charge >= 0.3 is 0 Å². The van der Waals surface area contributed by atoms with E-state index in [-0.39, 0.29) is 11.7 Å². The van der Waals surface area contributed by atoms with Crippen molar-refractivity contribution >= 4 is 6.29 Å². The fourth-order valence-corrected chi connectivity index (χ4v) is 2.47. The Hall–Kier alpha value is -1.13. The van der Waals surface area contributed by atoms with E-state index in [9.17, 15) is 4.79 Å². The number of carbonyl (C=O) groups excluding carboxylic acids is 1. The van der Waals surface area contributed by atoms with E-state index in [4.69, 9.17) is 9.15 Å². The van der Waals surface area contributed by atoms with Gasteiger partial charge in [-0.3, -0.25) is 9.69 Å². The van der Waals surface area contributed by atoms with E-state index in [0.717, 1.165) is 31.7 Å². The Morgan fingerprint density at radius 3 is 2.88 bits per heavy atom. The number of hydrogen-bond acceptors (Lipinski definition) is 4. The summed E-state index contributed by atoms with van der Waals surface area (Å²) in [5.74, 6) is 1.22. The van der Waals surface area contributed by atoms with Crippen LogP contribution in [0, 0.1) is 0 Å². The molecule has 2 heterocycles. The fourth-order valence-electron chi connectivity index (χ4n) is 2.47. The first-order chi connectivity index (χ1) is 7.98. The number of morpholine rings is 1. The molecule has 1 unspecified atom stereocenters. The van der Waals surface area contributed by atoms with Crippen molar-refractivity contribution < 1.29 is 13.9 Å². The van der Waals surface area contributed by atoms with Crippen LogP contribution in [0.15, 0.2) is 16.5 Å². The third kappa shape index (κ3) is 3.17. The molecule has 0 aliphatic carbocycles. The summed E-state index contributed by atoms with van der Waals surface area (Å²) in [5.41, 5.74) is -0.127. The van der Waals surface area contributed by atoms with Crippen molar-refractivity contribution in [3.63, 3.8) is 0 Å². The molecular weight excluding hydrogens is 218 g/mol. The largest absolute Gasteiger partial charge is 0.457 e. The number of hydrogen-bond donors (Lipinski definition) is 0. The van der Waals surface area contributed by atoms with Crippen LogP contribution in [-0.4, -0.2) is 36.0 Å². The molecule has 4 heteroatoms. The molecule has 1 aromatic heterocycles. The number of ether oxygens (including phenoxy) is 1. The first-order valence-electron chi connectivity index (χ1n) is 5.92. The van der Waals surface area contributed by atoms with Crippen molar-refractivity contribution in [3.05, 3.63) is 23.7 Å². The van der Waals surface area contributed by atoms with Gasteiger partial charge in [-0.1, -0.05) is 0 Å². The Bertz CT molecular complexity index is 397. The Morgan fingerprint density at radius 2 is 2.29 bits per heavy atom. The predicted molar refractivity (Wildman–Crippen MR) is 64.0 cm³/mol. The van der Waals surface area contributed by atoms with Crippen molar-refractivity contribution in [2.75, 3.05) is 13.1 Å². The molecule has 1 aliphatic heterocycles. The Labute approximate surface area is 102 Å². The molecule has 0 amide bonds.